The Balaban J connectivity index is 1.54. The number of amides is 2. The number of ketones is 1. The van der Waals surface area contributed by atoms with E-state index in [0.29, 0.717) is 5.56 Å². The molecule has 0 bridgehead atoms. The number of rotatable bonds is 6. The molecule has 2 N–H and O–H groups in total. The smallest absolute Gasteiger partial charge is 0.353 e. The Morgan fingerprint density at radius 1 is 1.14 bits per heavy atom. The minimum absolute atomic E-state index is 0.0849. The molecule has 1 aromatic heterocycles. The summed E-state index contributed by atoms with van der Waals surface area (Å²) in [6, 6.07) is 11.2. The van der Waals surface area contributed by atoms with Crippen molar-refractivity contribution < 1.29 is 24.3 Å². The van der Waals surface area contributed by atoms with Crippen LogP contribution in [-0.4, -0.2) is 50.7 Å². The van der Waals surface area contributed by atoms with Gasteiger partial charge in [-0.25, -0.2) is 4.79 Å². The van der Waals surface area contributed by atoms with Gasteiger partial charge in [0.05, 0.1) is 6.42 Å². The maximum atomic E-state index is 12.8. The second-order valence-electron chi connectivity index (χ2n) is 6.54. The maximum Gasteiger partial charge on any atom is 0.353 e. The van der Waals surface area contributed by atoms with Crippen LogP contribution in [0.4, 0.5) is 0 Å². The summed E-state index contributed by atoms with van der Waals surface area (Å²) in [4.78, 5) is 51.5. The zero-order valence-corrected chi connectivity index (χ0v) is 16.7. The lowest BCUT2D eigenvalue weighted by Gasteiger charge is -2.49. The average Bonchev–Trinajstić information content (AvgIpc) is 3.23. The van der Waals surface area contributed by atoms with Crippen LogP contribution in [0.15, 0.2) is 59.1 Å². The molecule has 0 aliphatic carbocycles. The zero-order valence-electron chi connectivity index (χ0n) is 15.0. The van der Waals surface area contributed by atoms with Crippen LogP contribution < -0.4 is 5.32 Å². The van der Waals surface area contributed by atoms with E-state index in [0.717, 1.165) is 9.78 Å². The van der Waals surface area contributed by atoms with Gasteiger partial charge in [0.2, 0.25) is 5.91 Å². The molecule has 4 rings (SSSR count). The standard InChI is InChI=1S/C20H16N2O5S2/c23-14(9-12-7-4-8-28-12)21-15-18(25)22-16(20(26)27)13(10-29-19(15)22)17(24)11-5-2-1-3-6-11/h1-8,15,19H,9-10H2,(H,21,23)(H,26,27)/t15?,19-/m1/s1. The quantitative estimate of drug-likeness (QED) is 0.538. The van der Waals surface area contributed by atoms with Crippen molar-refractivity contribution in [3.05, 3.63) is 69.6 Å². The number of β-lactam (4-membered cyclic amide) rings is 1. The van der Waals surface area contributed by atoms with Gasteiger partial charge in [0, 0.05) is 21.8 Å². The van der Waals surface area contributed by atoms with Crippen LogP contribution in [0.3, 0.4) is 0 Å². The van der Waals surface area contributed by atoms with Gasteiger partial charge >= 0.3 is 5.97 Å². The average molecular weight is 428 g/mol. The topological polar surface area (TPSA) is 104 Å². The molecule has 2 aliphatic rings. The van der Waals surface area contributed by atoms with Gasteiger partial charge in [-0.2, -0.15) is 0 Å². The van der Waals surface area contributed by atoms with Crippen molar-refractivity contribution in [1.29, 1.82) is 0 Å². The van der Waals surface area contributed by atoms with Crippen LogP contribution in [-0.2, 0) is 20.8 Å². The molecule has 9 heteroatoms. The Morgan fingerprint density at radius 2 is 1.90 bits per heavy atom. The number of carboxylic acid groups (broad SMARTS) is 1. The Bertz CT molecular complexity index is 1020. The summed E-state index contributed by atoms with van der Waals surface area (Å²) in [7, 11) is 0. The van der Waals surface area contributed by atoms with Crippen molar-refractivity contribution >= 4 is 46.7 Å². The monoisotopic (exact) mass is 428 g/mol. The van der Waals surface area contributed by atoms with Crippen LogP contribution in [0.1, 0.15) is 15.2 Å². The molecule has 2 aliphatic heterocycles. The van der Waals surface area contributed by atoms with E-state index in [4.69, 9.17) is 0 Å². The molecular formula is C20H16N2O5S2. The van der Waals surface area contributed by atoms with Gasteiger partial charge in [-0.1, -0.05) is 36.4 Å². The molecule has 0 spiro atoms. The lowest BCUT2D eigenvalue weighted by Crippen LogP contribution is -2.70. The van der Waals surface area contributed by atoms with Crippen LogP contribution in [0, 0.1) is 0 Å². The fourth-order valence-corrected chi connectivity index (χ4v) is 5.40. The van der Waals surface area contributed by atoms with Crippen molar-refractivity contribution in [2.24, 2.45) is 0 Å². The molecule has 7 nitrogen and oxygen atoms in total. The molecule has 0 saturated carbocycles. The van der Waals surface area contributed by atoms with Crippen molar-refractivity contribution in [3.8, 4) is 0 Å². The lowest BCUT2D eigenvalue weighted by atomic mass is 9.98. The van der Waals surface area contributed by atoms with E-state index in [2.05, 4.69) is 5.32 Å². The highest BCUT2D eigenvalue weighted by Gasteiger charge is 2.54. The first-order valence-electron chi connectivity index (χ1n) is 8.80. The number of thioether (sulfide) groups is 1. The summed E-state index contributed by atoms with van der Waals surface area (Å²) < 4.78 is 0. The fourth-order valence-electron chi connectivity index (χ4n) is 3.35. The molecule has 1 fully saturated rings. The minimum atomic E-state index is -1.33. The van der Waals surface area contributed by atoms with Gasteiger partial charge in [-0.15, -0.1) is 23.1 Å². The summed E-state index contributed by atoms with van der Waals surface area (Å²) >= 11 is 2.73. The van der Waals surface area contributed by atoms with Crippen LogP contribution >= 0.6 is 23.1 Å². The molecule has 2 aromatic rings. The lowest BCUT2D eigenvalue weighted by molar-refractivity contribution is -0.150. The van der Waals surface area contributed by atoms with Gasteiger partial charge in [-0.3, -0.25) is 19.3 Å². The number of benzene rings is 1. The maximum absolute atomic E-state index is 12.8. The molecule has 0 radical (unpaired) electrons. The van der Waals surface area contributed by atoms with E-state index >= 15 is 0 Å². The van der Waals surface area contributed by atoms with E-state index in [-0.39, 0.29) is 29.4 Å². The highest BCUT2D eigenvalue weighted by molar-refractivity contribution is 8.00. The summed E-state index contributed by atoms with van der Waals surface area (Å²) in [6.07, 6.45) is 0.165. The van der Waals surface area contributed by atoms with Crippen molar-refractivity contribution in [2.75, 3.05) is 5.75 Å². The van der Waals surface area contributed by atoms with E-state index in [1.807, 2.05) is 17.5 Å². The normalized spacial score (nSPS) is 20.7. The van der Waals surface area contributed by atoms with Crippen molar-refractivity contribution in [2.45, 2.75) is 17.8 Å². The van der Waals surface area contributed by atoms with Crippen LogP contribution in [0.2, 0.25) is 0 Å². The Kier molecular flexibility index (Phi) is 5.25. The zero-order chi connectivity index (χ0) is 20.5. The van der Waals surface area contributed by atoms with E-state index < -0.39 is 29.1 Å². The first-order valence-corrected chi connectivity index (χ1v) is 10.7. The number of hydrogen-bond donors (Lipinski definition) is 2. The number of thiophene rings is 1. The van der Waals surface area contributed by atoms with E-state index in [9.17, 15) is 24.3 Å². The summed E-state index contributed by atoms with van der Waals surface area (Å²) in [6.45, 7) is 0. The van der Waals surface area contributed by atoms with Gasteiger partial charge in [-0.05, 0) is 11.4 Å². The van der Waals surface area contributed by atoms with E-state index in [1.54, 1.807) is 30.3 Å². The molecule has 29 heavy (non-hydrogen) atoms. The fraction of sp³-hybridized carbons (Fsp3) is 0.200. The largest absolute Gasteiger partial charge is 0.477 e. The third-order valence-electron chi connectivity index (χ3n) is 4.71. The van der Waals surface area contributed by atoms with Crippen LogP contribution in [0.5, 0.6) is 0 Å². The number of nitrogens with one attached hydrogen (secondary N) is 1. The number of carbonyl (C=O) groups is 4. The Labute approximate surface area is 174 Å². The molecule has 1 unspecified atom stereocenters. The predicted molar refractivity (Wildman–Crippen MR) is 108 cm³/mol. The van der Waals surface area contributed by atoms with Gasteiger partial charge in [0.1, 0.15) is 17.1 Å². The molecule has 1 saturated heterocycles. The predicted octanol–water partition coefficient (Wildman–Crippen LogP) is 1.91. The number of hydrogen-bond acceptors (Lipinski definition) is 6. The van der Waals surface area contributed by atoms with Gasteiger partial charge in [0.25, 0.3) is 5.91 Å². The second-order valence-corrected chi connectivity index (χ2v) is 8.68. The first-order chi connectivity index (χ1) is 14.0. The van der Waals surface area contributed by atoms with Crippen LogP contribution in [0.25, 0.3) is 0 Å². The summed E-state index contributed by atoms with van der Waals surface area (Å²) in [5, 5.41) is 13.7. The molecule has 1 aromatic carbocycles. The number of carbonyl (C=O) groups excluding carboxylic acids is 3. The summed E-state index contributed by atoms with van der Waals surface area (Å²) in [5.74, 6) is -2.39. The van der Waals surface area contributed by atoms with Crippen molar-refractivity contribution in [1.82, 2.24) is 10.2 Å². The summed E-state index contributed by atoms with van der Waals surface area (Å²) in [5.41, 5.74) is 0.159. The number of Topliss-reactive ketones (excluding diaryl/α,β-unsaturated/α-hetero) is 1. The molecule has 2 amide bonds. The number of carboxylic acids is 1. The SMILES string of the molecule is O=C(Cc1cccs1)NC1C(=O)N2C(C(=O)O)=C(C(=O)c3ccccc3)CS[C@H]12. The molecule has 148 valence electrons. The number of fused-ring (bicyclic) bond motifs is 1. The molecule has 2 atom stereocenters. The van der Waals surface area contributed by atoms with E-state index in [1.165, 1.54) is 23.1 Å². The second kappa shape index (κ2) is 7.84. The van der Waals surface area contributed by atoms with Gasteiger partial charge < -0.3 is 10.4 Å². The minimum Gasteiger partial charge on any atom is -0.477 e. The highest BCUT2D eigenvalue weighted by Crippen LogP contribution is 2.41. The highest BCUT2D eigenvalue weighted by atomic mass is 32.2. The number of nitrogens with zero attached hydrogens (tertiary/aromatic N) is 1. The van der Waals surface area contributed by atoms with Gasteiger partial charge in [0.15, 0.2) is 5.78 Å². The Morgan fingerprint density at radius 3 is 2.55 bits per heavy atom. The first kappa shape index (κ1) is 19.4. The third-order valence-corrected chi connectivity index (χ3v) is 6.87. The number of aliphatic carboxylic acids is 1. The third kappa shape index (κ3) is 3.58. The Hall–Kier alpha value is -2.91. The van der Waals surface area contributed by atoms with Crippen molar-refractivity contribution in [3.63, 3.8) is 0 Å². The molecule has 3 heterocycles. The molecular weight excluding hydrogens is 412 g/mol.